The van der Waals surface area contributed by atoms with Crippen LogP contribution in [0.3, 0.4) is 0 Å². The summed E-state index contributed by atoms with van der Waals surface area (Å²) in [6.45, 7) is 1.72. The van der Waals surface area contributed by atoms with Crippen LogP contribution in [0.2, 0.25) is 0 Å². The van der Waals surface area contributed by atoms with Crippen LogP contribution in [-0.2, 0) is 0 Å². The minimum absolute atomic E-state index is 0.0444. The predicted octanol–water partition coefficient (Wildman–Crippen LogP) is 1.79. The van der Waals surface area contributed by atoms with E-state index >= 15 is 0 Å². The van der Waals surface area contributed by atoms with E-state index in [2.05, 4.69) is 4.98 Å². The Labute approximate surface area is 84.0 Å². The van der Waals surface area contributed by atoms with Crippen LogP contribution < -0.4 is 5.76 Å². The fourth-order valence-corrected chi connectivity index (χ4v) is 1.34. The van der Waals surface area contributed by atoms with Crippen molar-refractivity contribution in [2.75, 3.05) is 0 Å². The van der Waals surface area contributed by atoms with Crippen molar-refractivity contribution in [1.82, 2.24) is 4.98 Å². The molecule has 2 N–H and O–H groups in total. The number of aromatic amines is 1. The standard InChI is InChI=1S/C10H8FNO3/c1-5-2-3-6(11)4-7(5)8-9(13)12-10(14)15-8/h2-4,13H,1H3,(H,12,14). The van der Waals surface area contributed by atoms with Gasteiger partial charge >= 0.3 is 5.76 Å². The predicted molar refractivity (Wildman–Crippen MR) is 51.1 cm³/mol. The van der Waals surface area contributed by atoms with Crippen molar-refractivity contribution in [3.05, 3.63) is 40.1 Å². The maximum Gasteiger partial charge on any atom is 0.419 e. The smallest absolute Gasteiger partial charge is 0.419 e. The van der Waals surface area contributed by atoms with Gasteiger partial charge in [0.25, 0.3) is 0 Å². The normalized spacial score (nSPS) is 10.5. The first-order chi connectivity index (χ1) is 7.08. The van der Waals surface area contributed by atoms with Crippen LogP contribution in [0.4, 0.5) is 4.39 Å². The molecule has 0 atom stereocenters. The highest BCUT2D eigenvalue weighted by molar-refractivity contribution is 5.65. The molecule has 0 unspecified atom stereocenters. The number of aromatic nitrogens is 1. The largest absolute Gasteiger partial charge is 0.492 e. The molecule has 78 valence electrons. The van der Waals surface area contributed by atoms with Gasteiger partial charge in [0.2, 0.25) is 5.88 Å². The fourth-order valence-electron chi connectivity index (χ4n) is 1.34. The van der Waals surface area contributed by atoms with Crippen molar-refractivity contribution in [1.29, 1.82) is 0 Å². The van der Waals surface area contributed by atoms with Crippen molar-refractivity contribution in [3.8, 4) is 17.2 Å². The molecule has 1 aromatic heterocycles. The van der Waals surface area contributed by atoms with Crippen LogP contribution in [0.25, 0.3) is 11.3 Å². The highest BCUT2D eigenvalue weighted by Gasteiger charge is 2.14. The van der Waals surface area contributed by atoms with E-state index in [4.69, 9.17) is 4.42 Å². The van der Waals surface area contributed by atoms with E-state index in [0.29, 0.717) is 11.1 Å². The molecule has 2 rings (SSSR count). The molecule has 0 amide bonds. The molecule has 0 spiro atoms. The SMILES string of the molecule is Cc1ccc(F)cc1-c1oc(=O)[nH]c1O. The van der Waals surface area contributed by atoms with Crippen molar-refractivity contribution in [3.63, 3.8) is 0 Å². The molecule has 0 bridgehead atoms. The molecule has 4 nitrogen and oxygen atoms in total. The van der Waals surface area contributed by atoms with Crippen molar-refractivity contribution < 1.29 is 13.9 Å². The highest BCUT2D eigenvalue weighted by atomic mass is 19.1. The van der Waals surface area contributed by atoms with E-state index in [1.54, 1.807) is 6.92 Å². The van der Waals surface area contributed by atoms with Gasteiger partial charge in [-0.3, -0.25) is 4.98 Å². The third-order valence-electron chi connectivity index (χ3n) is 2.07. The lowest BCUT2D eigenvalue weighted by Gasteiger charge is -2.01. The number of hydrogen-bond acceptors (Lipinski definition) is 3. The molecule has 0 aliphatic carbocycles. The molecular weight excluding hydrogens is 201 g/mol. The van der Waals surface area contributed by atoms with Gasteiger partial charge in [0.15, 0.2) is 5.76 Å². The number of aromatic hydroxyl groups is 1. The quantitative estimate of drug-likeness (QED) is 0.752. The molecule has 1 aromatic carbocycles. The molecule has 0 saturated carbocycles. The van der Waals surface area contributed by atoms with Gasteiger partial charge in [-0.05, 0) is 24.6 Å². The number of hydrogen-bond donors (Lipinski definition) is 2. The molecule has 2 aromatic rings. The molecule has 1 heterocycles. The van der Waals surface area contributed by atoms with Gasteiger partial charge in [-0.25, -0.2) is 9.18 Å². The maximum absolute atomic E-state index is 13.0. The molecule has 0 aliphatic rings. The molecular formula is C10H8FNO3. The van der Waals surface area contributed by atoms with Gasteiger partial charge < -0.3 is 9.52 Å². The lowest BCUT2D eigenvalue weighted by atomic mass is 10.1. The number of nitrogens with one attached hydrogen (secondary N) is 1. The van der Waals surface area contributed by atoms with Gasteiger partial charge in [0.1, 0.15) is 5.82 Å². The number of benzene rings is 1. The summed E-state index contributed by atoms with van der Waals surface area (Å²) in [7, 11) is 0. The molecule has 0 fully saturated rings. The molecule has 5 heteroatoms. The first kappa shape index (κ1) is 9.51. The Morgan fingerprint density at radius 1 is 1.47 bits per heavy atom. The third kappa shape index (κ3) is 1.63. The lowest BCUT2D eigenvalue weighted by Crippen LogP contribution is -1.93. The van der Waals surface area contributed by atoms with E-state index in [1.165, 1.54) is 18.2 Å². The minimum atomic E-state index is -0.772. The Hall–Kier alpha value is -2.04. The van der Waals surface area contributed by atoms with Crippen molar-refractivity contribution in [2.24, 2.45) is 0 Å². The summed E-state index contributed by atoms with van der Waals surface area (Å²) in [4.78, 5) is 12.9. The zero-order chi connectivity index (χ0) is 11.0. The van der Waals surface area contributed by atoms with Crippen LogP contribution in [0.5, 0.6) is 5.88 Å². The van der Waals surface area contributed by atoms with Gasteiger partial charge in [-0.15, -0.1) is 0 Å². The summed E-state index contributed by atoms with van der Waals surface area (Å²) in [6.07, 6.45) is 0. The molecule has 0 saturated heterocycles. The van der Waals surface area contributed by atoms with Crippen molar-refractivity contribution >= 4 is 0 Å². The summed E-state index contributed by atoms with van der Waals surface area (Å²) in [5, 5.41) is 9.33. The Kier molecular flexibility index (Phi) is 2.07. The summed E-state index contributed by atoms with van der Waals surface area (Å²) in [5.74, 6) is -1.67. The Bertz CT molecular complexity index is 556. The highest BCUT2D eigenvalue weighted by Crippen LogP contribution is 2.29. The molecule has 0 radical (unpaired) electrons. The second-order valence-electron chi connectivity index (χ2n) is 3.15. The number of rotatable bonds is 1. The summed E-state index contributed by atoms with van der Waals surface area (Å²) >= 11 is 0. The summed E-state index contributed by atoms with van der Waals surface area (Å²) in [6, 6.07) is 4.03. The molecule has 0 aliphatic heterocycles. The summed E-state index contributed by atoms with van der Waals surface area (Å²) in [5.41, 5.74) is 1.06. The fraction of sp³-hybridized carbons (Fsp3) is 0.100. The minimum Gasteiger partial charge on any atom is -0.492 e. The van der Waals surface area contributed by atoms with Crippen LogP contribution in [0, 0.1) is 12.7 Å². The number of H-pyrrole nitrogens is 1. The van der Waals surface area contributed by atoms with Gasteiger partial charge in [0.05, 0.1) is 0 Å². The number of oxazole rings is 1. The summed E-state index contributed by atoms with van der Waals surface area (Å²) < 4.78 is 17.7. The lowest BCUT2D eigenvalue weighted by molar-refractivity contribution is 0.452. The Morgan fingerprint density at radius 2 is 2.20 bits per heavy atom. The second kappa shape index (κ2) is 3.27. The monoisotopic (exact) mass is 209 g/mol. The van der Waals surface area contributed by atoms with E-state index in [1.807, 2.05) is 0 Å². The van der Waals surface area contributed by atoms with Crippen LogP contribution in [0.15, 0.2) is 27.4 Å². The van der Waals surface area contributed by atoms with Gasteiger partial charge in [0, 0.05) is 5.56 Å². The van der Waals surface area contributed by atoms with Crippen molar-refractivity contribution in [2.45, 2.75) is 6.92 Å². The zero-order valence-electron chi connectivity index (χ0n) is 7.87. The number of halogens is 1. The van der Waals surface area contributed by atoms with E-state index in [9.17, 15) is 14.3 Å². The second-order valence-corrected chi connectivity index (χ2v) is 3.15. The third-order valence-corrected chi connectivity index (χ3v) is 2.07. The van der Waals surface area contributed by atoms with Crippen LogP contribution in [0.1, 0.15) is 5.56 Å². The Morgan fingerprint density at radius 3 is 2.80 bits per heavy atom. The van der Waals surface area contributed by atoms with Gasteiger partial charge in [-0.1, -0.05) is 6.07 Å². The maximum atomic E-state index is 13.0. The van der Waals surface area contributed by atoms with Gasteiger partial charge in [-0.2, -0.15) is 0 Å². The number of aryl methyl sites for hydroxylation is 1. The van der Waals surface area contributed by atoms with E-state index in [0.717, 1.165) is 0 Å². The first-order valence-corrected chi connectivity index (χ1v) is 4.26. The Balaban J connectivity index is 2.68. The van der Waals surface area contributed by atoms with Crippen LogP contribution >= 0.6 is 0 Å². The molecule has 15 heavy (non-hydrogen) atoms. The van der Waals surface area contributed by atoms with E-state index in [-0.39, 0.29) is 5.76 Å². The van der Waals surface area contributed by atoms with Crippen LogP contribution in [-0.4, -0.2) is 10.1 Å². The first-order valence-electron chi connectivity index (χ1n) is 4.26. The average molecular weight is 209 g/mol. The van der Waals surface area contributed by atoms with E-state index < -0.39 is 17.5 Å². The zero-order valence-corrected chi connectivity index (χ0v) is 7.87. The topological polar surface area (TPSA) is 66.2 Å². The average Bonchev–Trinajstić information content (AvgIpc) is 2.50.